The third kappa shape index (κ3) is 3.97. The maximum Gasteiger partial charge on any atom is 2.00 e. The summed E-state index contributed by atoms with van der Waals surface area (Å²) in [7, 11) is 3.12. The number of hydrogen-bond donors (Lipinski definition) is 0. The van der Waals surface area contributed by atoms with Crippen LogP contribution in [0.2, 0.25) is 18.6 Å². The Bertz CT molecular complexity index is 325. The van der Waals surface area contributed by atoms with Crippen LogP contribution in [0, 0.1) is 0 Å². The molecule has 0 aromatic heterocycles. The zero-order valence-corrected chi connectivity index (χ0v) is 16.9. The van der Waals surface area contributed by atoms with Crippen LogP contribution in [0.5, 0.6) is 0 Å². The van der Waals surface area contributed by atoms with Crippen LogP contribution in [0.15, 0.2) is 22.3 Å². The van der Waals surface area contributed by atoms with Crippen LogP contribution in [-0.4, -0.2) is 26.9 Å². The normalized spacial score (nSPS) is 16.5. The van der Waals surface area contributed by atoms with Crippen LogP contribution in [0.25, 0.3) is 0 Å². The van der Waals surface area contributed by atoms with Gasteiger partial charge < -0.3 is 29.4 Å². The third-order valence-corrected chi connectivity index (χ3v) is 9.05. The molecule has 0 saturated carbocycles. The van der Waals surface area contributed by atoms with Gasteiger partial charge in [-0.05, 0) is 52.9 Å². The fourth-order valence-corrected chi connectivity index (χ4v) is 5.74. The summed E-state index contributed by atoms with van der Waals surface area (Å²) in [5, 5.41) is 0. The first-order valence-corrected chi connectivity index (χ1v) is 8.76. The molecule has 1 rings (SSSR count). The Morgan fingerprint density at radius 3 is 1.33 bits per heavy atom. The predicted octanol–water partition coefficient (Wildman–Crippen LogP) is -2.18. The summed E-state index contributed by atoms with van der Waals surface area (Å²) >= 11 is 0. The molecule has 0 aromatic carbocycles. The monoisotopic (exact) mass is 341 g/mol. The number of hydrogen-bond acceptors (Lipinski definition) is 1. The smallest absolute Gasteiger partial charge is 1.00 e. The zero-order valence-electron chi connectivity index (χ0n) is 12.8. The molecule has 0 heterocycles. The average molecular weight is 342 g/mol. The van der Waals surface area contributed by atoms with Gasteiger partial charge in [-0.3, -0.25) is 0 Å². The molecule has 0 radical (unpaired) electrons. The maximum atomic E-state index is 2.47. The molecular weight excluding hydrogens is 317 g/mol. The van der Waals surface area contributed by atoms with Crippen molar-refractivity contribution in [3.63, 3.8) is 0 Å². The number of rotatable bonds is 2. The number of nitrogens with zero attached hydrogens (tertiary/aromatic N) is 1. The standard InChI is InChI=1S/C13H25NSi.2ClH.Ti/c1-9-10(2)12(4)13(11(9)3)15(7,8)14(5)6;;;/h13H,1-8H3;2*1H;/q;;;+2/p-2. The zero-order chi connectivity index (χ0) is 12.0. The van der Waals surface area contributed by atoms with Crippen molar-refractivity contribution >= 4 is 8.24 Å². The van der Waals surface area contributed by atoms with E-state index in [4.69, 9.17) is 0 Å². The Morgan fingerprint density at radius 1 is 0.833 bits per heavy atom. The van der Waals surface area contributed by atoms with E-state index in [0.717, 1.165) is 0 Å². The minimum absolute atomic E-state index is 0. The molecule has 0 amide bonds. The number of halogens is 2. The molecule has 5 heteroatoms. The van der Waals surface area contributed by atoms with Crippen molar-refractivity contribution in [2.75, 3.05) is 14.1 Å². The van der Waals surface area contributed by atoms with Crippen molar-refractivity contribution in [2.45, 2.75) is 46.3 Å². The second-order valence-electron chi connectivity index (χ2n) is 5.60. The third-order valence-electron chi connectivity index (χ3n) is 4.47. The molecule has 0 aromatic rings. The fraction of sp³-hybridized carbons (Fsp3) is 0.692. The van der Waals surface area contributed by atoms with Crippen molar-refractivity contribution in [3.05, 3.63) is 22.3 Å². The van der Waals surface area contributed by atoms with Gasteiger partial charge in [0, 0.05) is 5.54 Å². The largest absolute Gasteiger partial charge is 2.00 e. The van der Waals surface area contributed by atoms with E-state index < -0.39 is 8.24 Å². The molecule has 0 bridgehead atoms. The quantitative estimate of drug-likeness (QED) is 0.516. The van der Waals surface area contributed by atoms with Crippen molar-refractivity contribution in [1.82, 2.24) is 4.57 Å². The van der Waals surface area contributed by atoms with Crippen LogP contribution in [0.4, 0.5) is 0 Å². The molecule has 0 saturated heterocycles. The first kappa shape index (κ1) is 24.0. The molecule has 0 atom stereocenters. The molecule has 0 unspecified atom stereocenters. The Balaban J connectivity index is -0.000000750. The Kier molecular flexibility index (Phi) is 11.0. The molecule has 0 aliphatic heterocycles. The van der Waals surface area contributed by atoms with Gasteiger partial charge >= 0.3 is 21.7 Å². The summed E-state index contributed by atoms with van der Waals surface area (Å²) in [6, 6.07) is 0. The summed E-state index contributed by atoms with van der Waals surface area (Å²) < 4.78 is 2.47. The van der Waals surface area contributed by atoms with Gasteiger partial charge in [-0.25, -0.2) is 0 Å². The predicted molar refractivity (Wildman–Crippen MR) is 71.7 cm³/mol. The Labute approximate surface area is 141 Å². The van der Waals surface area contributed by atoms with E-state index in [2.05, 4.69) is 59.4 Å². The van der Waals surface area contributed by atoms with E-state index in [0.29, 0.717) is 5.54 Å². The molecule has 0 N–H and O–H groups in total. The Hall–Kier alpha value is 0.951. The molecule has 18 heavy (non-hydrogen) atoms. The van der Waals surface area contributed by atoms with E-state index >= 15 is 0 Å². The van der Waals surface area contributed by atoms with Gasteiger partial charge in [0.2, 0.25) is 0 Å². The van der Waals surface area contributed by atoms with Crippen molar-refractivity contribution in [1.29, 1.82) is 0 Å². The second kappa shape index (κ2) is 8.29. The van der Waals surface area contributed by atoms with Gasteiger partial charge in [-0.1, -0.05) is 24.2 Å². The van der Waals surface area contributed by atoms with E-state index in [1.807, 2.05) is 0 Å². The van der Waals surface area contributed by atoms with Gasteiger partial charge in [0.1, 0.15) is 8.24 Å². The van der Waals surface area contributed by atoms with Gasteiger partial charge in [0.05, 0.1) is 0 Å². The molecule has 1 aliphatic carbocycles. The van der Waals surface area contributed by atoms with Gasteiger partial charge in [0.25, 0.3) is 0 Å². The van der Waals surface area contributed by atoms with Gasteiger partial charge in [-0.2, -0.15) is 0 Å². The first-order valence-electron chi connectivity index (χ1n) is 5.73. The topological polar surface area (TPSA) is 3.24 Å². The van der Waals surface area contributed by atoms with Crippen LogP contribution >= 0.6 is 0 Å². The summed E-state index contributed by atoms with van der Waals surface area (Å²) in [5.41, 5.74) is 6.98. The summed E-state index contributed by atoms with van der Waals surface area (Å²) in [4.78, 5) is 0. The maximum absolute atomic E-state index is 2.47. The Morgan fingerprint density at radius 2 is 1.11 bits per heavy atom. The van der Waals surface area contributed by atoms with E-state index in [9.17, 15) is 0 Å². The van der Waals surface area contributed by atoms with Crippen LogP contribution in [0.3, 0.4) is 0 Å². The molecule has 1 nitrogen and oxygen atoms in total. The van der Waals surface area contributed by atoms with Gasteiger partial charge in [-0.15, -0.1) is 0 Å². The van der Waals surface area contributed by atoms with Crippen molar-refractivity contribution in [2.24, 2.45) is 0 Å². The summed E-state index contributed by atoms with van der Waals surface area (Å²) in [6.07, 6.45) is 0. The molecule has 104 valence electrons. The SMILES string of the molecule is CC1=C(C)C([Si](C)(C)N(C)C)C(C)=C1C.[Cl-].[Cl-].[Ti+2]. The van der Waals surface area contributed by atoms with Crippen molar-refractivity contribution in [3.8, 4) is 0 Å². The minimum atomic E-state index is -1.34. The fourth-order valence-electron chi connectivity index (χ4n) is 2.67. The van der Waals surface area contributed by atoms with E-state index in [1.165, 1.54) is 11.1 Å². The first-order chi connectivity index (χ1) is 6.71. The van der Waals surface area contributed by atoms with Crippen LogP contribution < -0.4 is 24.8 Å². The van der Waals surface area contributed by atoms with Gasteiger partial charge in [0.15, 0.2) is 0 Å². The summed E-state index contributed by atoms with van der Waals surface area (Å²) in [5.74, 6) is 0. The molecule has 0 spiro atoms. The van der Waals surface area contributed by atoms with E-state index in [-0.39, 0.29) is 46.5 Å². The van der Waals surface area contributed by atoms with E-state index in [1.54, 1.807) is 11.1 Å². The van der Waals surface area contributed by atoms with Crippen molar-refractivity contribution < 1.29 is 46.5 Å². The minimum Gasteiger partial charge on any atom is -1.00 e. The molecule has 1 aliphatic rings. The second-order valence-corrected chi connectivity index (χ2v) is 10.4. The molecule has 0 fully saturated rings. The number of allylic oxidation sites excluding steroid dienone is 4. The van der Waals surface area contributed by atoms with Crippen LogP contribution in [0.1, 0.15) is 27.7 Å². The summed E-state index contributed by atoms with van der Waals surface area (Å²) in [6.45, 7) is 14.1. The molecular formula is C13H25Cl2NSiTi. The van der Waals surface area contributed by atoms with Crippen LogP contribution in [-0.2, 0) is 21.7 Å². The average Bonchev–Trinajstić information content (AvgIpc) is 2.31.